The normalized spacial score (nSPS) is 10.7. The highest BCUT2D eigenvalue weighted by atomic mass is 16.5. The number of ketones is 1. The quantitative estimate of drug-likeness (QED) is 0.269. The van der Waals surface area contributed by atoms with E-state index in [1.165, 1.54) is 13.1 Å². The number of aliphatic hydroxyl groups is 1. The molecule has 0 saturated heterocycles. The third-order valence-electron chi connectivity index (χ3n) is 2.76. The number of rotatable bonds is 9. The van der Waals surface area contributed by atoms with Gasteiger partial charge in [0.05, 0.1) is 19.8 Å². The van der Waals surface area contributed by atoms with Gasteiger partial charge in [0.1, 0.15) is 11.6 Å². The lowest BCUT2D eigenvalue weighted by Crippen LogP contribution is -2.19. The Balaban J connectivity index is 2.58. The Morgan fingerprint density at radius 1 is 1.39 bits per heavy atom. The zero-order valence-corrected chi connectivity index (χ0v) is 12.8. The first-order chi connectivity index (χ1) is 11.1. The van der Waals surface area contributed by atoms with Gasteiger partial charge >= 0.3 is 0 Å². The van der Waals surface area contributed by atoms with Gasteiger partial charge in [-0.05, 0) is 19.1 Å². The fraction of sp³-hybridized carbons (Fsp3) is 0.312. The first kappa shape index (κ1) is 18.4. The molecule has 0 spiro atoms. The predicted molar refractivity (Wildman–Crippen MR) is 84.7 cm³/mol. The second kappa shape index (κ2) is 10.1. The minimum Gasteiger partial charge on any atom is -0.394 e. The van der Waals surface area contributed by atoms with Gasteiger partial charge < -0.3 is 20.5 Å². The van der Waals surface area contributed by atoms with Crippen LogP contribution >= 0.6 is 0 Å². The molecule has 23 heavy (non-hydrogen) atoms. The topological polar surface area (TPSA) is 111 Å². The van der Waals surface area contributed by atoms with Crippen molar-refractivity contribution < 1.29 is 19.4 Å². The number of ether oxygens (including phenoxy) is 1. The predicted octanol–water partition coefficient (Wildman–Crippen LogP) is 0.834. The molecule has 0 aliphatic carbocycles. The summed E-state index contributed by atoms with van der Waals surface area (Å²) in [7, 11) is 0. The number of amides is 1. The molecule has 1 aromatic rings. The Labute approximate surface area is 134 Å². The number of nitriles is 1. The molecule has 7 heteroatoms. The van der Waals surface area contributed by atoms with Crippen LogP contribution in [0, 0.1) is 11.3 Å². The SMILES string of the molecule is CC(=O)c1cccc(NC(=O)/C(C#N)=C\NCCOCCO)c1. The van der Waals surface area contributed by atoms with Gasteiger partial charge in [0.2, 0.25) is 0 Å². The van der Waals surface area contributed by atoms with Crippen molar-refractivity contribution in [2.45, 2.75) is 6.92 Å². The summed E-state index contributed by atoms with van der Waals surface area (Å²) in [6, 6.07) is 8.28. The number of Topliss-reactive ketones (excluding diaryl/α,β-unsaturated/α-hetero) is 1. The first-order valence-corrected chi connectivity index (χ1v) is 7.03. The van der Waals surface area contributed by atoms with E-state index in [1.807, 2.05) is 0 Å². The van der Waals surface area contributed by atoms with E-state index in [0.717, 1.165) is 0 Å². The number of aliphatic hydroxyl groups excluding tert-OH is 1. The maximum absolute atomic E-state index is 12.0. The van der Waals surface area contributed by atoms with Crippen LogP contribution in [0.3, 0.4) is 0 Å². The molecular formula is C16H19N3O4. The molecule has 1 amide bonds. The summed E-state index contributed by atoms with van der Waals surface area (Å²) in [6.07, 6.45) is 1.30. The average molecular weight is 317 g/mol. The summed E-state index contributed by atoms with van der Waals surface area (Å²) in [5.41, 5.74) is 0.819. The van der Waals surface area contributed by atoms with E-state index in [9.17, 15) is 9.59 Å². The Kier molecular flexibility index (Phi) is 8.07. The lowest BCUT2D eigenvalue weighted by Gasteiger charge is -2.06. The number of hydrogen-bond donors (Lipinski definition) is 3. The van der Waals surface area contributed by atoms with Gasteiger partial charge in [-0.1, -0.05) is 12.1 Å². The van der Waals surface area contributed by atoms with Crippen LogP contribution < -0.4 is 10.6 Å². The number of nitrogens with one attached hydrogen (secondary N) is 2. The Morgan fingerprint density at radius 2 is 2.17 bits per heavy atom. The molecule has 0 saturated carbocycles. The molecule has 0 radical (unpaired) electrons. The minimum absolute atomic E-state index is 0.0545. The van der Waals surface area contributed by atoms with E-state index in [1.54, 1.807) is 30.3 Å². The van der Waals surface area contributed by atoms with E-state index in [0.29, 0.717) is 24.4 Å². The molecule has 1 rings (SSSR count). The molecule has 0 atom stereocenters. The van der Waals surface area contributed by atoms with Gasteiger partial charge in [0.15, 0.2) is 5.78 Å². The molecule has 0 aliphatic rings. The molecule has 7 nitrogen and oxygen atoms in total. The van der Waals surface area contributed by atoms with Gasteiger partial charge in [0.25, 0.3) is 5.91 Å². The summed E-state index contributed by atoms with van der Waals surface area (Å²) in [6.45, 7) is 2.37. The smallest absolute Gasteiger partial charge is 0.267 e. The number of nitrogens with zero attached hydrogens (tertiary/aromatic N) is 1. The Morgan fingerprint density at radius 3 is 2.83 bits per heavy atom. The highest BCUT2D eigenvalue weighted by Gasteiger charge is 2.10. The molecule has 3 N–H and O–H groups in total. The van der Waals surface area contributed by atoms with Crippen molar-refractivity contribution in [2.24, 2.45) is 0 Å². The minimum atomic E-state index is -0.572. The van der Waals surface area contributed by atoms with Crippen LogP contribution in [0.15, 0.2) is 36.0 Å². The number of hydrogen-bond acceptors (Lipinski definition) is 6. The lowest BCUT2D eigenvalue weighted by molar-refractivity contribution is -0.112. The van der Waals surface area contributed by atoms with E-state index >= 15 is 0 Å². The van der Waals surface area contributed by atoms with Crippen molar-refractivity contribution in [1.29, 1.82) is 5.26 Å². The second-order valence-electron chi connectivity index (χ2n) is 4.55. The number of benzene rings is 1. The third kappa shape index (κ3) is 6.74. The second-order valence-corrected chi connectivity index (χ2v) is 4.55. The lowest BCUT2D eigenvalue weighted by atomic mass is 10.1. The van der Waals surface area contributed by atoms with E-state index in [2.05, 4.69) is 10.6 Å². The van der Waals surface area contributed by atoms with Gasteiger partial charge in [-0.3, -0.25) is 9.59 Å². The zero-order valence-electron chi connectivity index (χ0n) is 12.8. The zero-order chi connectivity index (χ0) is 17.1. The molecule has 0 aliphatic heterocycles. The largest absolute Gasteiger partial charge is 0.394 e. The maximum Gasteiger partial charge on any atom is 0.267 e. The van der Waals surface area contributed by atoms with Crippen molar-refractivity contribution in [2.75, 3.05) is 31.7 Å². The average Bonchev–Trinajstić information content (AvgIpc) is 2.54. The molecule has 122 valence electrons. The van der Waals surface area contributed by atoms with Crippen LogP contribution in [0.1, 0.15) is 17.3 Å². The van der Waals surface area contributed by atoms with Crippen molar-refractivity contribution in [3.63, 3.8) is 0 Å². The fourth-order valence-corrected chi connectivity index (χ4v) is 1.63. The van der Waals surface area contributed by atoms with Crippen LogP contribution in [-0.2, 0) is 9.53 Å². The van der Waals surface area contributed by atoms with Gasteiger partial charge in [0, 0.05) is 24.0 Å². The van der Waals surface area contributed by atoms with Crippen LogP contribution in [0.25, 0.3) is 0 Å². The van der Waals surface area contributed by atoms with Gasteiger partial charge in [-0.25, -0.2) is 0 Å². The van der Waals surface area contributed by atoms with Crippen molar-refractivity contribution in [3.05, 3.63) is 41.6 Å². The van der Waals surface area contributed by atoms with Crippen LogP contribution in [0.2, 0.25) is 0 Å². The summed E-state index contributed by atoms with van der Waals surface area (Å²) < 4.78 is 5.03. The molecule has 0 aromatic heterocycles. The summed E-state index contributed by atoms with van der Waals surface area (Å²) in [5, 5.41) is 22.9. The molecule has 0 heterocycles. The molecular weight excluding hydrogens is 298 g/mol. The summed E-state index contributed by atoms with van der Waals surface area (Å²) >= 11 is 0. The van der Waals surface area contributed by atoms with Crippen LogP contribution in [0.5, 0.6) is 0 Å². The monoisotopic (exact) mass is 317 g/mol. The summed E-state index contributed by atoms with van der Waals surface area (Å²) in [4.78, 5) is 23.3. The van der Waals surface area contributed by atoms with Gasteiger partial charge in [-0.15, -0.1) is 0 Å². The van der Waals surface area contributed by atoms with E-state index in [-0.39, 0.29) is 24.6 Å². The standard InChI is InChI=1S/C16H19N3O4/c1-12(21)13-3-2-4-15(9-13)19-16(22)14(10-17)11-18-5-7-23-8-6-20/h2-4,9,11,18,20H,5-8H2,1H3,(H,19,22)/b14-11-. The van der Waals surface area contributed by atoms with Crippen molar-refractivity contribution >= 4 is 17.4 Å². The fourth-order valence-electron chi connectivity index (χ4n) is 1.63. The maximum atomic E-state index is 12.0. The number of carbonyl (C=O) groups is 2. The first-order valence-electron chi connectivity index (χ1n) is 7.03. The summed E-state index contributed by atoms with van der Waals surface area (Å²) in [5.74, 6) is -0.682. The Bertz CT molecular complexity index is 620. The molecule has 1 aromatic carbocycles. The number of anilines is 1. The Hall–Kier alpha value is -2.69. The molecule has 0 bridgehead atoms. The molecule has 0 unspecified atom stereocenters. The third-order valence-corrected chi connectivity index (χ3v) is 2.76. The van der Waals surface area contributed by atoms with Crippen molar-refractivity contribution in [1.82, 2.24) is 5.32 Å². The number of carbonyl (C=O) groups excluding carboxylic acids is 2. The highest BCUT2D eigenvalue weighted by molar-refractivity contribution is 6.07. The van der Waals surface area contributed by atoms with Crippen LogP contribution in [-0.4, -0.2) is 43.2 Å². The van der Waals surface area contributed by atoms with E-state index < -0.39 is 5.91 Å². The highest BCUT2D eigenvalue weighted by Crippen LogP contribution is 2.12. The van der Waals surface area contributed by atoms with Crippen molar-refractivity contribution in [3.8, 4) is 6.07 Å². The van der Waals surface area contributed by atoms with Crippen LogP contribution in [0.4, 0.5) is 5.69 Å². The van der Waals surface area contributed by atoms with Gasteiger partial charge in [-0.2, -0.15) is 5.26 Å². The van der Waals surface area contributed by atoms with E-state index in [4.69, 9.17) is 15.1 Å². The molecule has 0 fully saturated rings.